The van der Waals surface area contributed by atoms with Gasteiger partial charge < -0.3 is 11.1 Å². The standard InChI is InChI=1S/C10H15N3O/c1-10(2,7-11)9(14)13-8-4-3-5-12-6-8/h3-6H,7,11H2,1-2H3,(H,13,14). The first-order chi connectivity index (χ1) is 6.56. The maximum absolute atomic E-state index is 11.6. The Bertz CT molecular complexity index is 308. The highest BCUT2D eigenvalue weighted by molar-refractivity contribution is 5.94. The van der Waals surface area contributed by atoms with Gasteiger partial charge >= 0.3 is 0 Å². The zero-order valence-corrected chi connectivity index (χ0v) is 8.45. The van der Waals surface area contributed by atoms with Crippen molar-refractivity contribution in [1.82, 2.24) is 4.98 Å². The van der Waals surface area contributed by atoms with Crippen LogP contribution in [0.4, 0.5) is 5.69 Å². The van der Waals surface area contributed by atoms with Crippen LogP contribution < -0.4 is 11.1 Å². The Labute approximate surface area is 83.5 Å². The Kier molecular flexibility index (Phi) is 3.19. The van der Waals surface area contributed by atoms with Crippen molar-refractivity contribution in [2.75, 3.05) is 11.9 Å². The van der Waals surface area contributed by atoms with E-state index < -0.39 is 5.41 Å². The van der Waals surface area contributed by atoms with E-state index in [4.69, 9.17) is 5.73 Å². The second-order valence-electron chi connectivity index (χ2n) is 3.78. The molecule has 76 valence electrons. The maximum Gasteiger partial charge on any atom is 0.231 e. The van der Waals surface area contributed by atoms with Crippen LogP contribution in [-0.2, 0) is 4.79 Å². The average molecular weight is 193 g/mol. The molecule has 1 rings (SSSR count). The van der Waals surface area contributed by atoms with Gasteiger partial charge in [-0.2, -0.15) is 0 Å². The van der Waals surface area contributed by atoms with E-state index in [-0.39, 0.29) is 5.91 Å². The van der Waals surface area contributed by atoms with Gasteiger partial charge in [0.2, 0.25) is 5.91 Å². The van der Waals surface area contributed by atoms with Crippen molar-refractivity contribution in [3.63, 3.8) is 0 Å². The molecule has 0 aliphatic heterocycles. The molecule has 1 heterocycles. The number of pyridine rings is 1. The summed E-state index contributed by atoms with van der Waals surface area (Å²) in [5, 5.41) is 2.75. The summed E-state index contributed by atoms with van der Waals surface area (Å²) in [4.78, 5) is 15.5. The van der Waals surface area contributed by atoms with Gasteiger partial charge in [-0.25, -0.2) is 0 Å². The van der Waals surface area contributed by atoms with Gasteiger partial charge in [0.05, 0.1) is 17.3 Å². The van der Waals surface area contributed by atoms with Crippen LogP contribution in [0.5, 0.6) is 0 Å². The molecule has 4 heteroatoms. The Morgan fingerprint density at radius 2 is 2.36 bits per heavy atom. The molecule has 0 radical (unpaired) electrons. The van der Waals surface area contributed by atoms with Crippen LogP contribution in [0, 0.1) is 5.41 Å². The molecule has 0 bridgehead atoms. The topological polar surface area (TPSA) is 68.0 Å². The molecule has 14 heavy (non-hydrogen) atoms. The van der Waals surface area contributed by atoms with Gasteiger partial charge in [0.25, 0.3) is 0 Å². The van der Waals surface area contributed by atoms with Crippen LogP contribution in [0.2, 0.25) is 0 Å². The van der Waals surface area contributed by atoms with Crippen molar-refractivity contribution in [3.05, 3.63) is 24.5 Å². The van der Waals surface area contributed by atoms with Crippen molar-refractivity contribution < 1.29 is 4.79 Å². The van der Waals surface area contributed by atoms with Crippen LogP contribution in [-0.4, -0.2) is 17.4 Å². The number of carbonyl (C=O) groups excluding carboxylic acids is 1. The first-order valence-corrected chi connectivity index (χ1v) is 4.48. The van der Waals surface area contributed by atoms with Crippen molar-refractivity contribution in [3.8, 4) is 0 Å². The smallest absolute Gasteiger partial charge is 0.231 e. The normalized spacial score (nSPS) is 11.1. The molecule has 1 amide bonds. The lowest BCUT2D eigenvalue weighted by atomic mass is 9.93. The number of hydrogen-bond donors (Lipinski definition) is 2. The monoisotopic (exact) mass is 193 g/mol. The van der Waals surface area contributed by atoms with E-state index in [0.29, 0.717) is 12.2 Å². The van der Waals surface area contributed by atoms with Crippen LogP contribution in [0.1, 0.15) is 13.8 Å². The molecule has 0 saturated heterocycles. The molecule has 0 unspecified atom stereocenters. The Morgan fingerprint density at radius 3 is 2.86 bits per heavy atom. The highest BCUT2D eigenvalue weighted by Crippen LogP contribution is 2.15. The van der Waals surface area contributed by atoms with Crippen LogP contribution in [0.15, 0.2) is 24.5 Å². The summed E-state index contributed by atoms with van der Waals surface area (Å²) in [6.07, 6.45) is 3.26. The van der Waals surface area contributed by atoms with Gasteiger partial charge in [-0.15, -0.1) is 0 Å². The molecule has 0 aliphatic carbocycles. The second-order valence-corrected chi connectivity index (χ2v) is 3.78. The number of nitrogens with two attached hydrogens (primary N) is 1. The molecular formula is C10H15N3O. The molecule has 0 aromatic carbocycles. The van der Waals surface area contributed by atoms with Crippen LogP contribution in [0.25, 0.3) is 0 Å². The number of rotatable bonds is 3. The molecule has 0 fully saturated rings. The second kappa shape index (κ2) is 4.19. The zero-order chi connectivity index (χ0) is 10.6. The maximum atomic E-state index is 11.6. The molecule has 0 spiro atoms. The molecule has 0 atom stereocenters. The largest absolute Gasteiger partial charge is 0.329 e. The zero-order valence-electron chi connectivity index (χ0n) is 8.45. The molecule has 0 aliphatic rings. The highest BCUT2D eigenvalue weighted by atomic mass is 16.2. The summed E-state index contributed by atoms with van der Waals surface area (Å²) < 4.78 is 0. The predicted octanol–water partition coefficient (Wildman–Crippen LogP) is 1.00. The minimum Gasteiger partial charge on any atom is -0.329 e. The SMILES string of the molecule is CC(C)(CN)C(=O)Nc1cccnc1. The summed E-state index contributed by atoms with van der Waals surface area (Å²) in [6.45, 7) is 3.93. The van der Waals surface area contributed by atoms with Crippen molar-refractivity contribution in [2.45, 2.75) is 13.8 Å². The summed E-state index contributed by atoms with van der Waals surface area (Å²) in [5.74, 6) is -0.0898. The van der Waals surface area contributed by atoms with Gasteiger partial charge in [-0.1, -0.05) is 0 Å². The number of anilines is 1. The Hall–Kier alpha value is -1.42. The third kappa shape index (κ3) is 2.53. The van der Waals surface area contributed by atoms with Gasteiger partial charge in [0.15, 0.2) is 0 Å². The fourth-order valence-electron chi connectivity index (χ4n) is 0.830. The molecule has 0 saturated carbocycles. The number of aromatic nitrogens is 1. The van der Waals surface area contributed by atoms with E-state index in [1.807, 2.05) is 0 Å². The van der Waals surface area contributed by atoms with Gasteiger partial charge in [-0.05, 0) is 26.0 Å². The van der Waals surface area contributed by atoms with E-state index >= 15 is 0 Å². The summed E-state index contributed by atoms with van der Waals surface area (Å²) >= 11 is 0. The van der Waals surface area contributed by atoms with Gasteiger partial charge in [0, 0.05) is 12.7 Å². The molecule has 4 nitrogen and oxygen atoms in total. The van der Waals surface area contributed by atoms with Crippen molar-refractivity contribution in [2.24, 2.45) is 11.1 Å². The number of hydrogen-bond acceptors (Lipinski definition) is 3. The van der Waals surface area contributed by atoms with Crippen LogP contribution in [0.3, 0.4) is 0 Å². The molecule has 3 N–H and O–H groups in total. The first-order valence-electron chi connectivity index (χ1n) is 4.48. The third-order valence-electron chi connectivity index (χ3n) is 2.04. The number of nitrogens with zero attached hydrogens (tertiary/aromatic N) is 1. The first kappa shape index (κ1) is 10.7. The Balaban J connectivity index is 2.67. The number of nitrogens with one attached hydrogen (secondary N) is 1. The van der Waals surface area contributed by atoms with Crippen LogP contribution >= 0.6 is 0 Å². The number of carbonyl (C=O) groups is 1. The lowest BCUT2D eigenvalue weighted by molar-refractivity contribution is -0.123. The minimum atomic E-state index is -0.546. The summed E-state index contributed by atoms with van der Waals surface area (Å²) in [5.41, 5.74) is 5.63. The lowest BCUT2D eigenvalue weighted by Crippen LogP contribution is -2.37. The third-order valence-corrected chi connectivity index (χ3v) is 2.04. The number of amides is 1. The fraction of sp³-hybridized carbons (Fsp3) is 0.400. The minimum absolute atomic E-state index is 0.0898. The highest BCUT2D eigenvalue weighted by Gasteiger charge is 2.25. The van der Waals surface area contributed by atoms with Gasteiger partial charge in [-0.3, -0.25) is 9.78 Å². The van der Waals surface area contributed by atoms with Crippen molar-refractivity contribution >= 4 is 11.6 Å². The van der Waals surface area contributed by atoms with Gasteiger partial charge in [0.1, 0.15) is 0 Å². The Morgan fingerprint density at radius 1 is 1.64 bits per heavy atom. The van der Waals surface area contributed by atoms with E-state index in [9.17, 15) is 4.79 Å². The quantitative estimate of drug-likeness (QED) is 0.752. The van der Waals surface area contributed by atoms with E-state index in [2.05, 4.69) is 10.3 Å². The van der Waals surface area contributed by atoms with Crippen molar-refractivity contribution in [1.29, 1.82) is 0 Å². The summed E-state index contributed by atoms with van der Waals surface area (Å²) in [7, 11) is 0. The lowest BCUT2D eigenvalue weighted by Gasteiger charge is -2.20. The van der Waals surface area contributed by atoms with E-state index in [1.165, 1.54) is 0 Å². The predicted molar refractivity (Wildman–Crippen MR) is 55.7 cm³/mol. The summed E-state index contributed by atoms with van der Waals surface area (Å²) in [6, 6.07) is 3.56. The fourth-order valence-corrected chi connectivity index (χ4v) is 0.830. The molecular weight excluding hydrogens is 178 g/mol. The average Bonchev–Trinajstić information content (AvgIpc) is 2.19. The molecule has 1 aromatic rings. The van der Waals surface area contributed by atoms with E-state index in [0.717, 1.165) is 0 Å². The van der Waals surface area contributed by atoms with E-state index in [1.54, 1.807) is 38.4 Å². The molecule has 1 aromatic heterocycles.